The quantitative estimate of drug-likeness (QED) is 0.355. The summed E-state index contributed by atoms with van der Waals surface area (Å²) >= 11 is 0. The van der Waals surface area contributed by atoms with E-state index in [1.54, 1.807) is 6.07 Å². The molecule has 0 fully saturated rings. The lowest BCUT2D eigenvalue weighted by atomic mass is 10.2. The number of hydrogen-bond donors (Lipinski definition) is 3. The summed E-state index contributed by atoms with van der Waals surface area (Å²) in [6.07, 6.45) is 4.51. The zero-order chi connectivity index (χ0) is 24.8. The van der Waals surface area contributed by atoms with Gasteiger partial charge in [-0.15, -0.1) is 0 Å². The van der Waals surface area contributed by atoms with Gasteiger partial charge >= 0.3 is 0 Å². The highest BCUT2D eigenvalue weighted by molar-refractivity contribution is 6.04. The normalized spacial score (nSPS) is 10.6. The molecule has 0 atom stereocenters. The Hall–Kier alpha value is -4.57. The number of rotatable bonds is 8. The van der Waals surface area contributed by atoms with Crippen LogP contribution < -0.4 is 26.7 Å². The average Bonchev–Trinajstić information content (AvgIpc) is 2.86. The van der Waals surface area contributed by atoms with Crippen LogP contribution in [0, 0.1) is 11.6 Å². The molecule has 2 heterocycles. The molecule has 4 N–H and O–H groups in total. The van der Waals surface area contributed by atoms with Crippen LogP contribution in [-0.4, -0.2) is 28.5 Å². The molecule has 0 unspecified atom stereocenters. The molecule has 0 saturated carbocycles. The van der Waals surface area contributed by atoms with E-state index in [4.69, 9.17) is 10.5 Å². The first-order chi connectivity index (χ1) is 17.0. The second-order valence-electron chi connectivity index (χ2n) is 7.36. The van der Waals surface area contributed by atoms with Crippen LogP contribution in [0.1, 0.15) is 10.4 Å². The highest BCUT2D eigenvalue weighted by Gasteiger charge is 2.15. The van der Waals surface area contributed by atoms with E-state index < -0.39 is 23.1 Å². The van der Waals surface area contributed by atoms with Crippen molar-refractivity contribution < 1.29 is 18.3 Å². The lowest BCUT2D eigenvalue weighted by Crippen LogP contribution is -2.27. The molecule has 8 nitrogen and oxygen atoms in total. The number of ether oxygens (including phenoxy) is 1. The van der Waals surface area contributed by atoms with Crippen molar-refractivity contribution in [2.75, 3.05) is 23.7 Å². The Bertz CT molecular complexity index is 1410. The van der Waals surface area contributed by atoms with Crippen LogP contribution >= 0.6 is 0 Å². The zero-order valence-corrected chi connectivity index (χ0v) is 18.4. The van der Waals surface area contributed by atoms with Crippen molar-refractivity contribution in [1.82, 2.24) is 9.55 Å². The molecule has 0 spiro atoms. The first-order valence-electron chi connectivity index (χ1n) is 10.6. The van der Waals surface area contributed by atoms with Gasteiger partial charge in [0.05, 0.1) is 11.9 Å². The minimum absolute atomic E-state index is 0.0663. The van der Waals surface area contributed by atoms with Crippen molar-refractivity contribution in [3.63, 3.8) is 0 Å². The molecular weight excluding hydrogens is 456 g/mol. The molecule has 0 aliphatic heterocycles. The number of carbonyl (C=O) groups excluding carboxylic acids is 1. The van der Waals surface area contributed by atoms with Crippen molar-refractivity contribution in [2.45, 2.75) is 0 Å². The molecule has 0 bridgehead atoms. The number of carbonyl (C=O) groups is 1. The second kappa shape index (κ2) is 10.6. The van der Waals surface area contributed by atoms with E-state index >= 15 is 0 Å². The van der Waals surface area contributed by atoms with Gasteiger partial charge in [-0.05, 0) is 48.5 Å². The highest BCUT2D eigenvalue weighted by atomic mass is 19.1. The summed E-state index contributed by atoms with van der Waals surface area (Å²) in [6, 6.07) is 13.6. The summed E-state index contributed by atoms with van der Waals surface area (Å²) in [5.41, 5.74) is 5.82. The number of anilines is 2. The van der Waals surface area contributed by atoms with E-state index in [-0.39, 0.29) is 17.0 Å². The first-order valence-corrected chi connectivity index (χ1v) is 10.6. The summed E-state index contributed by atoms with van der Waals surface area (Å²) in [5.74, 6) is -1.60. The van der Waals surface area contributed by atoms with Gasteiger partial charge in [-0.3, -0.25) is 19.1 Å². The van der Waals surface area contributed by atoms with Gasteiger partial charge in [0.25, 0.3) is 11.5 Å². The Balaban J connectivity index is 1.52. The third-order valence-electron chi connectivity index (χ3n) is 4.95. The van der Waals surface area contributed by atoms with Crippen LogP contribution in [0.5, 0.6) is 11.5 Å². The Labute approximate surface area is 199 Å². The minimum Gasteiger partial charge on any atom is -0.452 e. The summed E-state index contributed by atoms with van der Waals surface area (Å²) in [6.45, 7) is 0.880. The smallest absolute Gasteiger partial charge is 0.267 e. The SMILES string of the molecule is NCCNc1cnccc1Oc1ccc(NC(=O)c2cccn(-c3ccc(F)cc3)c2=O)cc1F. The Morgan fingerprint density at radius 3 is 2.60 bits per heavy atom. The lowest BCUT2D eigenvalue weighted by molar-refractivity contribution is 0.102. The fourth-order valence-electron chi connectivity index (χ4n) is 3.26. The van der Waals surface area contributed by atoms with E-state index in [2.05, 4.69) is 15.6 Å². The third-order valence-corrected chi connectivity index (χ3v) is 4.95. The topological polar surface area (TPSA) is 111 Å². The highest BCUT2D eigenvalue weighted by Crippen LogP contribution is 2.31. The number of halogens is 2. The van der Waals surface area contributed by atoms with Gasteiger partial charge in [-0.25, -0.2) is 8.78 Å². The number of amides is 1. The van der Waals surface area contributed by atoms with Crippen molar-refractivity contribution in [2.24, 2.45) is 5.73 Å². The summed E-state index contributed by atoms with van der Waals surface area (Å²) < 4.78 is 34.8. The molecule has 35 heavy (non-hydrogen) atoms. The van der Waals surface area contributed by atoms with Gasteiger partial charge in [0.2, 0.25) is 0 Å². The monoisotopic (exact) mass is 477 g/mol. The molecule has 0 aliphatic rings. The number of pyridine rings is 2. The van der Waals surface area contributed by atoms with Crippen molar-refractivity contribution >= 4 is 17.3 Å². The van der Waals surface area contributed by atoms with Crippen LogP contribution in [0.2, 0.25) is 0 Å². The van der Waals surface area contributed by atoms with Gasteiger partial charge in [0, 0.05) is 49.0 Å². The van der Waals surface area contributed by atoms with Crippen LogP contribution in [0.3, 0.4) is 0 Å². The molecule has 4 rings (SSSR count). The molecule has 0 radical (unpaired) electrons. The number of nitrogens with zero attached hydrogens (tertiary/aromatic N) is 2. The van der Waals surface area contributed by atoms with Crippen LogP contribution in [0.4, 0.5) is 20.2 Å². The maximum absolute atomic E-state index is 14.7. The van der Waals surface area contributed by atoms with Crippen molar-refractivity contribution in [1.29, 1.82) is 0 Å². The Morgan fingerprint density at radius 1 is 1.06 bits per heavy atom. The largest absolute Gasteiger partial charge is 0.452 e. The minimum atomic E-state index is -0.721. The molecule has 2 aromatic heterocycles. The van der Waals surface area contributed by atoms with Crippen molar-refractivity contribution in [3.05, 3.63) is 107 Å². The summed E-state index contributed by atoms with van der Waals surface area (Å²) in [7, 11) is 0. The van der Waals surface area contributed by atoms with E-state index in [0.29, 0.717) is 30.2 Å². The number of aromatic nitrogens is 2. The van der Waals surface area contributed by atoms with E-state index in [9.17, 15) is 18.4 Å². The third kappa shape index (κ3) is 5.50. The van der Waals surface area contributed by atoms with E-state index in [1.807, 2.05) is 0 Å². The van der Waals surface area contributed by atoms with Crippen LogP contribution in [-0.2, 0) is 0 Å². The second-order valence-corrected chi connectivity index (χ2v) is 7.36. The maximum Gasteiger partial charge on any atom is 0.267 e. The summed E-state index contributed by atoms with van der Waals surface area (Å²) in [5, 5.41) is 5.55. The van der Waals surface area contributed by atoms with Gasteiger partial charge in [0.15, 0.2) is 17.3 Å². The van der Waals surface area contributed by atoms with Crippen LogP contribution in [0.15, 0.2) is 84.0 Å². The fraction of sp³-hybridized carbons (Fsp3) is 0.0800. The van der Waals surface area contributed by atoms with E-state index in [0.717, 1.165) is 6.07 Å². The number of nitrogens with two attached hydrogens (primary N) is 1. The first kappa shape index (κ1) is 23.6. The average molecular weight is 477 g/mol. The number of nitrogens with one attached hydrogen (secondary N) is 2. The molecule has 1 amide bonds. The fourth-order valence-corrected chi connectivity index (χ4v) is 3.26. The predicted octanol–water partition coefficient (Wildman–Crippen LogP) is 3.93. The molecule has 10 heteroatoms. The standard InChI is InChI=1S/C25H21F2N5O3/c26-16-3-6-18(7-4-16)32-13-1-2-19(25(32)34)24(33)31-17-5-8-22(20(27)14-17)35-23-9-11-29-15-21(23)30-12-10-28/h1-9,11,13-15,30H,10,12,28H2,(H,31,33). The lowest BCUT2D eigenvalue weighted by Gasteiger charge is -2.13. The molecule has 4 aromatic rings. The van der Waals surface area contributed by atoms with Gasteiger partial charge in [-0.1, -0.05) is 0 Å². The number of benzene rings is 2. The molecule has 0 saturated heterocycles. The maximum atomic E-state index is 14.7. The molecule has 2 aromatic carbocycles. The molecule has 0 aliphatic carbocycles. The number of hydrogen-bond acceptors (Lipinski definition) is 6. The van der Waals surface area contributed by atoms with Gasteiger partial charge < -0.3 is 21.1 Å². The Morgan fingerprint density at radius 2 is 1.86 bits per heavy atom. The van der Waals surface area contributed by atoms with Gasteiger partial charge in [-0.2, -0.15) is 0 Å². The van der Waals surface area contributed by atoms with Gasteiger partial charge in [0.1, 0.15) is 11.4 Å². The van der Waals surface area contributed by atoms with Crippen LogP contribution in [0.25, 0.3) is 5.69 Å². The Kier molecular flexibility index (Phi) is 7.12. The molecular formula is C25H21F2N5O3. The van der Waals surface area contributed by atoms with Crippen molar-refractivity contribution in [3.8, 4) is 17.2 Å². The zero-order valence-electron chi connectivity index (χ0n) is 18.4. The molecule has 178 valence electrons. The summed E-state index contributed by atoms with van der Waals surface area (Å²) in [4.78, 5) is 29.6. The van der Waals surface area contributed by atoms with E-state index in [1.165, 1.54) is 71.7 Å². The predicted molar refractivity (Wildman–Crippen MR) is 128 cm³/mol.